The van der Waals surface area contributed by atoms with E-state index in [0.717, 1.165) is 0 Å². The van der Waals surface area contributed by atoms with Gasteiger partial charge in [0, 0.05) is 0 Å². The van der Waals surface area contributed by atoms with Crippen molar-refractivity contribution in [3.63, 3.8) is 0 Å². The molecular weight excluding hydrogens is 150 g/mol. The van der Waals surface area contributed by atoms with Gasteiger partial charge in [0.15, 0.2) is 0 Å². The Kier molecular flexibility index (Phi) is 2.17. The molecule has 1 amide bonds. The van der Waals surface area contributed by atoms with Gasteiger partial charge in [-0.2, -0.15) is 0 Å². The van der Waals surface area contributed by atoms with Crippen molar-refractivity contribution < 1.29 is 9.59 Å². The second-order valence-electron chi connectivity index (χ2n) is 1.58. The van der Waals surface area contributed by atoms with Gasteiger partial charge in [-0.1, -0.05) is 0 Å². The van der Waals surface area contributed by atoms with Gasteiger partial charge in [0.25, 0.3) is 5.91 Å². The van der Waals surface area contributed by atoms with Crippen LogP contribution in [0.4, 0.5) is 5.00 Å². The Morgan fingerprint density at radius 1 is 1.70 bits per heavy atom. The minimum absolute atomic E-state index is 0.250. The van der Waals surface area contributed by atoms with Crippen molar-refractivity contribution in [2.24, 2.45) is 0 Å². The van der Waals surface area contributed by atoms with Crippen molar-refractivity contribution in [1.29, 1.82) is 0 Å². The van der Waals surface area contributed by atoms with E-state index in [9.17, 15) is 9.59 Å². The summed E-state index contributed by atoms with van der Waals surface area (Å²) < 4.78 is 0. The van der Waals surface area contributed by atoms with Crippen LogP contribution in [0.2, 0.25) is 0 Å². The van der Waals surface area contributed by atoms with Gasteiger partial charge in [-0.3, -0.25) is 9.59 Å². The molecule has 0 fully saturated rings. The van der Waals surface area contributed by atoms with E-state index in [4.69, 9.17) is 0 Å². The molecule has 0 radical (unpaired) electrons. The van der Waals surface area contributed by atoms with E-state index in [2.05, 4.69) is 5.32 Å². The average molecular weight is 155 g/mol. The fraction of sp³-hybridized carbons (Fsp3) is 0. The third-order valence-corrected chi connectivity index (χ3v) is 1.66. The predicted octanol–water partition coefficient (Wildman–Crippen LogP) is 0.885. The van der Waals surface area contributed by atoms with Crippen LogP contribution in [0, 0.1) is 0 Å². The minimum Gasteiger partial charge on any atom is -0.311 e. The highest BCUT2D eigenvalue weighted by atomic mass is 32.1. The third kappa shape index (κ3) is 1.66. The number of thiophene rings is 1. The van der Waals surface area contributed by atoms with E-state index in [1.54, 1.807) is 12.1 Å². The monoisotopic (exact) mass is 155 g/mol. The number of anilines is 1. The van der Waals surface area contributed by atoms with Crippen molar-refractivity contribution in [3.05, 3.63) is 17.5 Å². The van der Waals surface area contributed by atoms with Gasteiger partial charge in [-0.25, -0.2) is 0 Å². The second kappa shape index (κ2) is 3.12. The summed E-state index contributed by atoms with van der Waals surface area (Å²) in [6, 6.07) is 3.52. The van der Waals surface area contributed by atoms with Gasteiger partial charge in [0.1, 0.15) is 0 Å². The van der Waals surface area contributed by atoms with Gasteiger partial charge in [-0.15, -0.1) is 11.3 Å². The van der Waals surface area contributed by atoms with Crippen LogP contribution in [0.15, 0.2) is 17.5 Å². The molecule has 0 saturated heterocycles. The maximum Gasteiger partial charge on any atom is 0.289 e. The van der Waals surface area contributed by atoms with Gasteiger partial charge in [0.05, 0.1) is 5.00 Å². The Morgan fingerprint density at radius 2 is 2.50 bits per heavy atom. The smallest absolute Gasteiger partial charge is 0.289 e. The molecular formula is C6H5NO2S. The van der Waals surface area contributed by atoms with E-state index in [1.165, 1.54) is 11.3 Å². The van der Waals surface area contributed by atoms with Crippen LogP contribution in [0.25, 0.3) is 0 Å². The SMILES string of the molecule is O=CC(=O)Nc1cccs1. The number of rotatable bonds is 2. The number of nitrogens with one attached hydrogen (secondary N) is 1. The average Bonchev–Trinajstić information content (AvgIpc) is 2.40. The number of carbonyl (C=O) groups excluding carboxylic acids is 2. The molecule has 0 aliphatic rings. The summed E-state index contributed by atoms with van der Waals surface area (Å²) in [6.45, 7) is 0. The van der Waals surface area contributed by atoms with E-state index < -0.39 is 5.91 Å². The van der Waals surface area contributed by atoms with Crippen molar-refractivity contribution in [1.82, 2.24) is 0 Å². The summed E-state index contributed by atoms with van der Waals surface area (Å²) in [5, 5.41) is 4.89. The summed E-state index contributed by atoms with van der Waals surface area (Å²) in [5.74, 6) is -0.609. The van der Waals surface area contributed by atoms with Crippen molar-refractivity contribution in [3.8, 4) is 0 Å². The van der Waals surface area contributed by atoms with Crippen LogP contribution in [0.3, 0.4) is 0 Å². The molecule has 0 bridgehead atoms. The first-order valence-electron chi connectivity index (χ1n) is 2.62. The first-order chi connectivity index (χ1) is 4.83. The molecule has 1 aromatic rings. The first kappa shape index (κ1) is 6.95. The van der Waals surface area contributed by atoms with Gasteiger partial charge in [0.2, 0.25) is 6.29 Å². The van der Waals surface area contributed by atoms with Crippen LogP contribution >= 0.6 is 11.3 Å². The molecule has 10 heavy (non-hydrogen) atoms. The summed E-state index contributed by atoms with van der Waals surface area (Å²) in [6.07, 6.45) is 0.250. The molecule has 0 unspecified atom stereocenters. The van der Waals surface area contributed by atoms with Crippen molar-refractivity contribution >= 4 is 28.5 Å². The van der Waals surface area contributed by atoms with Crippen LogP contribution in [0.5, 0.6) is 0 Å². The van der Waals surface area contributed by atoms with Crippen LogP contribution < -0.4 is 5.32 Å². The lowest BCUT2D eigenvalue weighted by atomic mass is 10.6. The molecule has 0 atom stereocenters. The second-order valence-corrected chi connectivity index (χ2v) is 2.53. The molecule has 1 aromatic heterocycles. The molecule has 3 nitrogen and oxygen atoms in total. The third-order valence-electron chi connectivity index (χ3n) is 0.875. The van der Waals surface area contributed by atoms with Gasteiger partial charge < -0.3 is 5.32 Å². The predicted molar refractivity (Wildman–Crippen MR) is 39.0 cm³/mol. The summed E-state index contributed by atoms with van der Waals surface area (Å²) in [5.41, 5.74) is 0. The van der Waals surface area contributed by atoms with Gasteiger partial charge in [-0.05, 0) is 17.5 Å². The zero-order chi connectivity index (χ0) is 7.40. The number of carbonyl (C=O) groups is 2. The zero-order valence-electron chi connectivity index (χ0n) is 5.03. The molecule has 1 N–H and O–H groups in total. The quantitative estimate of drug-likeness (QED) is 0.509. The Morgan fingerprint density at radius 3 is 3.00 bits per heavy atom. The maximum absolute atomic E-state index is 10.4. The Balaban J connectivity index is 2.56. The van der Waals surface area contributed by atoms with Crippen LogP contribution in [0.1, 0.15) is 0 Å². The Labute approximate surface area is 61.7 Å². The maximum atomic E-state index is 10.4. The van der Waals surface area contributed by atoms with Crippen LogP contribution in [-0.2, 0) is 9.59 Å². The lowest BCUT2D eigenvalue weighted by molar-refractivity contribution is -0.127. The minimum atomic E-state index is -0.609. The lowest BCUT2D eigenvalue weighted by Gasteiger charge is -1.91. The normalized spacial score (nSPS) is 8.80. The number of aldehydes is 1. The van der Waals surface area contributed by atoms with E-state index >= 15 is 0 Å². The Bertz CT molecular complexity index is 230. The zero-order valence-corrected chi connectivity index (χ0v) is 5.85. The molecule has 0 aromatic carbocycles. The Hall–Kier alpha value is -1.16. The van der Waals surface area contributed by atoms with E-state index in [0.29, 0.717) is 5.00 Å². The lowest BCUT2D eigenvalue weighted by Crippen LogP contribution is -2.10. The fourth-order valence-electron chi connectivity index (χ4n) is 0.501. The molecule has 1 heterocycles. The largest absolute Gasteiger partial charge is 0.311 e. The standard InChI is InChI=1S/C6H5NO2S/c8-4-5(9)7-6-2-1-3-10-6/h1-4H,(H,7,9). The molecule has 0 spiro atoms. The first-order valence-corrected chi connectivity index (χ1v) is 3.50. The summed E-state index contributed by atoms with van der Waals surface area (Å²) in [7, 11) is 0. The molecule has 0 saturated carbocycles. The molecule has 0 aliphatic carbocycles. The summed E-state index contributed by atoms with van der Waals surface area (Å²) >= 11 is 1.38. The molecule has 1 rings (SSSR count). The number of hydrogen-bond acceptors (Lipinski definition) is 3. The topological polar surface area (TPSA) is 46.2 Å². The van der Waals surface area contributed by atoms with Gasteiger partial charge >= 0.3 is 0 Å². The summed E-state index contributed by atoms with van der Waals surface area (Å²) in [4.78, 5) is 20.2. The molecule has 4 heteroatoms. The van der Waals surface area contributed by atoms with E-state index in [1.807, 2.05) is 5.38 Å². The highest BCUT2D eigenvalue weighted by molar-refractivity contribution is 7.14. The van der Waals surface area contributed by atoms with Crippen molar-refractivity contribution in [2.45, 2.75) is 0 Å². The number of amides is 1. The number of hydrogen-bond donors (Lipinski definition) is 1. The molecule has 0 aliphatic heterocycles. The van der Waals surface area contributed by atoms with Crippen LogP contribution in [-0.4, -0.2) is 12.2 Å². The molecule has 52 valence electrons. The highest BCUT2D eigenvalue weighted by Crippen LogP contribution is 2.13. The van der Waals surface area contributed by atoms with Crippen molar-refractivity contribution in [2.75, 3.05) is 5.32 Å². The van der Waals surface area contributed by atoms with E-state index in [-0.39, 0.29) is 6.29 Å². The fourth-order valence-corrected chi connectivity index (χ4v) is 1.12. The highest BCUT2D eigenvalue weighted by Gasteiger charge is 1.97.